The minimum Gasteiger partial charge on any atom is -0.496 e. The summed E-state index contributed by atoms with van der Waals surface area (Å²) in [4.78, 5) is 3.56. The second kappa shape index (κ2) is 10.6. The van der Waals surface area contributed by atoms with Gasteiger partial charge in [-0.2, -0.15) is 0 Å². The van der Waals surface area contributed by atoms with E-state index < -0.39 is 0 Å². The largest absolute Gasteiger partial charge is 0.496 e. The van der Waals surface area contributed by atoms with E-state index >= 15 is 0 Å². The number of hydrogen-bond donors (Lipinski definition) is 0. The molecular weight excluding hydrogens is 466 g/mol. The van der Waals surface area contributed by atoms with Crippen molar-refractivity contribution in [2.75, 3.05) is 59.6 Å². The molecule has 1 saturated carbocycles. The second-order valence-electron chi connectivity index (χ2n) is 9.44. The summed E-state index contributed by atoms with van der Waals surface area (Å²) < 4.78 is 30.5. The van der Waals surface area contributed by atoms with E-state index in [1.54, 1.807) is 39.8 Å². The van der Waals surface area contributed by atoms with E-state index in [4.69, 9.17) is 28.8 Å². The summed E-state index contributed by atoms with van der Waals surface area (Å²) in [6.07, 6.45) is 4.92. The summed E-state index contributed by atoms with van der Waals surface area (Å²) in [7, 11) is 6.74. The minimum atomic E-state index is 0.479. The third kappa shape index (κ3) is 4.94. The molecular formula is C26H35N3O5S. The number of methoxy groups -OCH3 is 4. The van der Waals surface area contributed by atoms with Crippen LogP contribution >= 0.6 is 11.3 Å². The van der Waals surface area contributed by atoms with Crippen LogP contribution in [0.2, 0.25) is 0 Å². The Morgan fingerprint density at radius 3 is 2.37 bits per heavy atom. The second-order valence-corrected chi connectivity index (χ2v) is 10.3. The number of ether oxygens (including phenoxy) is 5. The molecule has 1 unspecified atom stereocenters. The lowest BCUT2D eigenvalue weighted by Crippen LogP contribution is -2.35. The average molecular weight is 502 g/mol. The molecule has 1 aliphatic carbocycles. The molecule has 9 heteroatoms. The lowest BCUT2D eigenvalue weighted by atomic mass is 10.0. The third-order valence-corrected chi connectivity index (χ3v) is 7.78. The number of fused-ring (bicyclic) bond motifs is 1. The Hall–Kier alpha value is -2.49. The molecule has 0 spiro atoms. The zero-order chi connectivity index (χ0) is 24.4. The number of nitrogens with zero attached hydrogens (tertiary/aromatic N) is 3. The fraction of sp³-hybridized carbons (Fsp3) is 0.577. The van der Waals surface area contributed by atoms with Gasteiger partial charge in [0.1, 0.15) is 22.0 Å². The highest BCUT2D eigenvalue weighted by Gasteiger charge is 2.32. The van der Waals surface area contributed by atoms with Crippen LogP contribution in [-0.2, 0) is 16.1 Å². The Morgan fingerprint density at radius 1 is 1.03 bits per heavy atom. The highest BCUT2D eigenvalue weighted by molar-refractivity contribution is 7.16. The molecule has 2 aromatic heterocycles. The van der Waals surface area contributed by atoms with E-state index in [9.17, 15) is 0 Å². The van der Waals surface area contributed by atoms with Gasteiger partial charge in [0.25, 0.3) is 5.88 Å². The molecule has 2 aliphatic rings. The Bertz CT molecular complexity index is 1120. The Morgan fingerprint density at radius 2 is 1.77 bits per heavy atom. The van der Waals surface area contributed by atoms with E-state index in [1.807, 2.05) is 16.6 Å². The Labute approximate surface area is 210 Å². The van der Waals surface area contributed by atoms with Crippen LogP contribution in [0.4, 0.5) is 5.69 Å². The molecule has 3 aromatic rings. The predicted molar refractivity (Wildman–Crippen MR) is 137 cm³/mol. The number of benzene rings is 1. The molecule has 0 bridgehead atoms. The van der Waals surface area contributed by atoms with Gasteiger partial charge in [0.05, 0.1) is 45.8 Å². The van der Waals surface area contributed by atoms with Crippen LogP contribution in [0.25, 0.3) is 16.1 Å². The quantitative estimate of drug-likeness (QED) is 0.371. The molecule has 0 N–H and O–H groups in total. The predicted octanol–water partition coefficient (Wildman–Crippen LogP) is 4.88. The van der Waals surface area contributed by atoms with Crippen LogP contribution in [0.1, 0.15) is 31.2 Å². The molecule has 8 nitrogen and oxygen atoms in total. The topological polar surface area (TPSA) is 66.7 Å². The van der Waals surface area contributed by atoms with Crippen molar-refractivity contribution in [1.82, 2.24) is 9.61 Å². The van der Waals surface area contributed by atoms with Gasteiger partial charge in [-0.1, -0.05) is 0 Å². The van der Waals surface area contributed by atoms with E-state index in [2.05, 4.69) is 10.3 Å². The highest BCUT2D eigenvalue weighted by Crippen LogP contribution is 2.46. The lowest BCUT2D eigenvalue weighted by molar-refractivity contribution is 0.0572. The van der Waals surface area contributed by atoms with E-state index in [1.165, 1.54) is 19.3 Å². The maximum atomic E-state index is 5.84. The van der Waals surface area contributed by atoms with Crippen LogP contribution < -0.4 is 19.1 Å². The SMILES string of the molecule is COCc1cc(OC)c(-c2csc3c(N(CC4CC4)CC4CCCOC4)c(OC)nn23)c(OC)c1. The number of thiazole rings is 1. The van der Waals surface area contributed by atoms with Gasteiger partial charge >= 0.3 is 0 Å². The van der Waals surface area contributed by atoms with E-state index in [-0.39, 0.29) is 0 Å². The molecule has 1 atom stereocenters. The number of rotatable bonds is 11. The van der Waals surface area contributed by atoms with Gasteiger partial charge < -0.3 is 28.6 Å². The fourth-order valence-electron chi connectivity index (χ4n) is 4.98. The molecule has 5 rings (SSSR count). The molecule has 2 fully saturated rings. The van der Waals surface area contributed by atoms with Gasteiger partial charge in [0.2, 0.25) is 0 Å². The van der Waals surface area contributed by atoms with Crippen LogP contribution in [0.15, 0.2) is 17.5 Å². The third-order valence-electron chi connectivity index (χ3n) is 6.85. The van der Waals surface area contributed by atoms with Crippen molar-refractivity contribution in [3.8, 4) is 28.6 Å². The lowest BCUT2D eigenvalue weighted by Gasteiger charge is -2.31. The fourth-order valence-corrected chi connectivity index (χ4v) is 5.99. The number of hydrogen-bond acceptors (Lipinski definition) is 8. The smallest absolute Gasteiger partial charge is 0.258 e. The first-order chi connectivity index (χ1) is 17.2. The van der Waals surface area contributed by atoms with Crippen LogP contribution in [0.5, 0.6) is 17.4 Å². The number of aromatic nitrogens is 2. The monoisotopic (exact) mass is 501 g/mol. The van der Waals surface area contributed by atoms with Crippen LogP contribution in [0, 0.1) is 11.8 Å². The Balaban J connectivity index is 1.58. The summed E-state index contributed by atoms with van der Waals surface area (Å²) in [5.74, 6) is 3.37. The van der Waals surface area contributed by atoms with Gasteiger partial charge in [-0.05, 0) is 55.2 Å². The van der Waals surface area contributed by atoms with E-state index in [0.717, 1.165) is 77.5 Å². The molecule has 1 aliphatic heterocycles. The van der Waals surface area contributed by atoms with Crippen molar-refractivity contribution < 1.29 is 23.7 Å². The maximum Gasteiger partial charge on any atom is 0.258 e. The van der Waals surface area contributed by atoms with Gasteiger partial charge in [-0.3, -0.25) is 0 Å². The zero-order valence-electron chi connectivity index (χ0n) is 21.0. The van der Waals surface area contributed by atoms with Crippen molar-refractivity contribution in [2.24, 2.45) is 11.8 Å². The van der Waals surface area contributed by atoms with Crippen molar-refractivity contribution in [3.63, 3.8) is 0 Å². The highest BCUT2D eigenvalue weighted by atomic mass is 32.1. The van der Waals surface area contributed by atoms with Gasteiger partial charge in [-0.25, -0.2) is 4.52 Å². The van der Waals surface area contributed by atoms with Gasteiger partial charge in [0, 0.05) is 32.2 Å². The van der Waals surface area contributed by atoms with Crippen molar-refractivity contribution in [2.45, 2.75) is 32.3 Å². The van der Waals surface area contributed by atoms with Crippen molar-refractivity contribution in [3.05, 3.63) is 23.1 Å². The maximum absolute atomic E-state index is 5.84. The summed E-state index contributed by atoms with van der Waals surface area (Å²) in [6.45, 7) is 4.17. The van der Waals surface area contributed by atoms with E-state index in [0.29, 0.717) is 18.4 Å². The molecule has 0 radical (unpaired) electrons. The zero-order valence-corrected chi connectivity index (χ0v) is 21.9. The van der Waals surface area contributed by atoms with Crippen LogP contribution in [0.3, 0.4) is 0 Å². The average Bonchev–Trinajstić information content (AvgIpc) is 3.49. The van der Waals surface area contributed by atoms with Gasteiger partial charge in [0.15, 0.2) is 0 Å². The van der Waals surface area contributed by atoms with Crippen LogP contribution in [-0.4, -0.2) is 64.4 Å². The molecule has 3 heterocycles. The summed E-state index contributed by atoms with van der Waals surface area (Å²) in [5.41, 5.74) is 3.85. The summed E-state index contributed by atoms with van der Waals surface area (Å²) >= 11 is 1.67. The Kier molecular flexibility index (Phi) is 7.36. The molecule has 35 heavy (non-hydrogen) atoms. The number of anilines is 1. The molecule has 1 aromatic carbocycles. The standard InChI is InChI=1S/C26H35N3O5S/c1-30-14-19-10-21(31-2)23(22(11-19)32-3)20-16-35-26-24(25(33-4)27-29(20)26)28(12-17-7-8-17)13-18-6-5-9-34-15-18/h10-11,16-18H,5-9,12-15H2,1-4H3. The van der Waals surface area contributed by atoms with Gasteiger partial charge in [-0.15, -0.1) is 16.4 Å². The summed E-state index contributed by atoms with van der Waals surface area (Å²) in [6, 6.07) is 3.99. The molecule has 0 amide bonds. The first-order valence-electron chi connectivity index (χ1n) is 12.3. The first-order valence-corrected chi connectivity index (χ1v) is 13.2. The van der Waals surface area contributed by atoms with Crippen molar-refractivity contribution >= 4 is 21.9 Å². The normalized spacial score (nSPS) is 18.1. The summed E-state index contributed by atoms with van der Waals surface area (Å²) in [5, 5.41) is 7.04. The minimum absolute atomic E-state index is 0.479. The molecule has 190 valence electrons. The first kappa shape index (κ1) is 24.2. The molecule has 1 saturated heterocycles. The van der Waals surface area contributed by atoms with Crippen molar-refractivity contribution in [1.29, 1.82) is 0 Å².